The molecule has 0 aliphatic heterocycles. The number of halogens is 4. The first kappa shape index (κ1) is 22.4. The fourth-order valence-corrected chi connectivity index (χ4v) is 4.52. The molecule has 4 rings (SSSR count). The Labute approximate surface area is 225 Å². The molecular weight excluding hydrogens is 525 g/mol. The van der Waals surface area contributed by atoms with Crippen molar-refractivity contribution in [2.24, 2.45) is 0 Å². The maximum atomic E-state index is 14.3. The van der Waals surface area contributed by atoms with E-state index in [1.807, 2.05) is 0 Å². The van der Waals surface area contributed by atoms with Crippen LogP contribution in [0.1, 0.15) is 20.0 Å². The highest BCUT2D eigenvalue weighted by Gasteiger charge is 2.26. The maximum Gasteiger partial charge on any atom is 0.328 e. The number of hydrogen-bond donors (Lipinski definition) is 1. The van der Waals surface area contributed by atoms with Crippen molar-refractivity contribution in [2.45, 2.75) is 12.5 Å². The van der Waals surface area contributed by atoms with Crippen LogP contribution in [0.25, 0.3) is 22.0 Å². The van der Waals surface area contributed by atoms with Gasteiger partial charge in [0, 0.05) is 29.6 Å². The number of rotatable bonds is 7. The maximum absolute atomic E-state index is 14.3. The predicted octanol–water partition coefficient (Wildman–Crippen LogP) is 6.01. The lowest BCUT2D eigenvalue weighted by Crippen LogP contribution is -2.43. The molecule has 0 aliphatic rings. The van der Waals surface area contributed by atoms with Gasteiger partial charge in [0.25, 0.3) is 5.91 Å². The summed E-state index contributed by atoms with van der Waals surface area (Å²) in [6, 6.07) is 11.2. The first-order valence-corrected chi connectivity index (χ1v) is 11.5. The smallest absolute Gasteiger partial charge is 0.328 e. The van der Waals surface area contributed by atoms with E-state index in [1.54, 1.807) is 24.3 Å². The number of fused-ring (bicyclic) bond motifs is 1. The predicted molar refractivity (Wildman–Crippen MR) is 137 cm³/mol. The van der Waals surface area contributed by atoms with Gasteiger partial charge in [-0.2, -0.15) is 0 Å². The lowest BCUT2D eigenvalue weighted by atomic mass is 9.94. The number of ether oxygens (including phenoxy) is 2. The van der Waals surface area contributed by atoms with Crippen molar-refractivity contribution >= 4 is 46.0 Å². The topological polar surface area (TPSA) is 77.5 Å². The molecule has 3 aromatic carbocycles. The molecular formula is C27H20Cl2F2N2O4. The number of esters is 1. The summed E-state index contributed by atoms with van der Waals surface area (Å²) in [5.74, 6) is -4.34. The molecule has 1 heterocycles. The van der Waals surface area contributed by atoms with Crippen LogP contribution in [-0.2, 0) is 16.0 Å². The van der Waals surface area contributed by atoms with Crippen LogP contribution in [0.3, 0.4) is 0 Å². The molecule has 190 valence electrons. The zero-order chi connectivity index (χ0) is 29.2. The minimum Gasteiger partial charge on any atom is -0.496 e. The number of carbonyl (C=O) groups excluding carboxylic acids is 2. The fourth-order valence-electron chi connectivity index (χ4n) is 3.95. The molecule has 0 saturated carbocycles. The molecule has 4 aromatic rings. The molecule has 6 nitrogen and oxygen atoms in total. The fraction of sp³-hybridized carbons (Fsp3) is 0.148. The van der Waals surface area contributed by atoms with Gasteiger partial charge in [0.2, 0.25) is 0 Å². The average molecular weight is 548 g/mol. The first-order valence-electron chi connectivity index (χ1n) is 12.3. The lowest BCUT2D eigenvalue weighted by Gasteiger charge is -2.19. The van der Waals surface area contributed by atoms with E-state index in [-0.39, 0.29) is 27.6 Å². The molecule has 1 aromatic heterocycles. The minimum absolute atomic E-state index is 0.0156. The van der Waals surface area contributed by atoms with E-state index in [1.165, 1.54) is 31.5 Å². The Bertz CT molecular complexity index is 1600. The SMILES string of the molecule is [2H]C([2H])([2H])Oc1cc(F)c(F)cc1-c1ccc(C[C@H](NC(=O)c2c(Cl)cccc2Cl)C(=O)OC)c2ncccc12. The highest BCUT2D eigenvalue weighted by molar-refractivity contribution is 6.39. The van der Waals surface area contributed by atoms with Gasteiger partial charge in [-0.25, -0.2) is 13.6 Å². The second-order valence-corrected chi connectivity index (χ2v) is 8.70. The van der Waals surface area contributed by atoms with E-state index in [0.717, 1.165) is 6.07 Å². The number of amides is 1. The van der Waals surface area contributed by atoms with E-state index in [2.05, 4.69) is 10.3 Å². The normalized spacial score (nSPS) is 13.3. The molecule has 0 spiro atoms. The Balaban J connectivity index is 1.77. The summed E-state index contributed by atoms with van der Waals surface area (Å²) in [4.78, 5) is 30.0. The zero-order valence-corrected chi connectivity index (χ0v) is 20.7. The van der Waals surface area contributed by atoms with Crippen LogP contribution < -0.4 is 10.1 Å². The van der Waals surface area contributed by atoms with Gasteiger partial charge in [-0.1, -0.05) is 47.5 Å². The van der Waals surface area contributed by atoms with E-state index in [0.29, 0.717) is 28.1 Å². The molecule has 1 atom stereocenters. The van der Waals surface area contributed by atoms with Crippen molar-refractivity contribution in [3.05, 3.63) is 93.6 Å². The number of aromatic nitrogens is 1. The van der Waals surface area contributed by atoms with Crippen molar-refractivity contribution in [3.63, 3.8) is 0 Å². The quantitative estimate of drug-likeness (QED) is 0.287. The van der Waals surface area contributed by atoms with Crippen molar-refractivity contribution in [3.8, 4) is 16.9 Å². The molecule has 0 bridgehead atoms. The molecule has 0 aliphatic carbocycles. The van der Waals surface area contributed by atoms with Gasteiger partial charge in [-0.05, 0) is 35.4 Å². The number of methoxy groups -OCH3 is 2. The number of benzene rings is 3. The highest BCUT2D eigenvalue weighted by atomic mass is 35.5. The average Bonchev–Trinajstić information content (AvgIpc) is 2.89. The largest absolute Gasteiger partial charge is 0.496 e. The van der Waals surface area contributed by atoms with Crippen molar-refractivity contribution in [1.29, 1.82) is 0 Å². The van der Waals surface area contributed by atoms with Gasteiger partial charge in [0.15, 0.2) is 11.6 Å². The van der Waals surface area contributed by atoms with Crippen LogP contribution in [0.2, 0.25) is 10.0 Å². The van der Waals surface area contributed by atoms with Crippen LogP contribution in [0.4, 0.5) is 8.78 Å². The van der Waals surface area contributed by atoms with Crippen LogP contribution in [0.15, 0.2) is 60.8 Å². The Morgan fingerprint density at radius 2 is 1.78 bits per heavy atom. The van der Waals surface area contributed by atoms with Crippen molar-refractivity contribution in [1.82, 2.24) is 10.3 Å². The Hall–Kier alpha value is -3.75. The highest BCUT2D eigenvalue weighted by Crippen LogP contribution is 2.37. The van der Waals surface area contributed by atoms with E-state index < -0.39 is 42.3 Å². The van der Waals surface area contributed by atoms with Gasteiger partial charge < -0.3 is 14.8 Å². The second kappa shape index (κ2) is 11.1. The van der Waals surface area contributed by atoms with E-state index in [4.69, 9.17) is 36.8 Å². The van der Waals surface area contributed by atoms with Gasteiger partial charge >= 0.3 is 5.97 Å². The summed E-state index contributed by atoms with van der Waals surface area (Å²) in [6.07, 6.45) is 1.40. The molecule has 1 amide bonds. The summed E-state index contributed by atoms with van der Waals surface area (Å²) < 4.78 is 60.4. The number of carbonyl (C=O) groups is 2. The molecule has 0 radical (unpaired) electrons. The molecule has 10 heteroatoms. The van der Waals surface area contributed by atoms with Gasteiger partial charge in [-0.15, -0.1) is 0 Å². The number of nitrogens with zero attached hydrogens (tertiary/aromatic N) is 1. The van der Waals surface area contributed by atoms with Gasteiger partial charge in [0.05, 0.1) is 39.4 Å². The van der Waals surface area contributed by atoms with Crippen LogP contribution in [0, 0.1) is 11.6 Å². The van der Waals surface area contributed by atoms with Crippen LogP contribution >= 0.6 is 23.2 Å². The Morgan fingerprint density at radius 1 is 1.05 bits per heavy atom. The van der Waals surface area contributed by atoms with Crippen LogP contribution in [0.5, 0.6) is 5.75 Å². The van der Waals surface area contributed by atoms with E-state index >= 15 is 0 Å². The summed E-state index contributed by atoms with van der Waals surface area (Å²) >= 11 is 12.3. The standard InChI is InChI=1S/C27H20Cl2F2N2O4/c1-36-23-13-21(31)20(30)12-17(23)15-9-8-14(25-16(15)5-4-10-32-25)11-22(27(35)37-2)33-26(34)24-18(28)6-3-7-19(24)29/h3-10,12-13,22H,11H2,1-2H3,(H,33,34)/t22-/m0/s1/i1D3. The molecule has 37 heavy (non-hydrogen) atoms. The third-order valence-corrected chi connectivity index (χ3v) is 6.31. The van der Waals surface area contributed by atoms with Crippen molar-refractivity contribution < 1.29 is 32.0 Å². The molecule has 0 unspecified atom stereocenters. The summed E-state index contributed by atoms with van der Waals surface area (Å²) in [5.41, 5.74) is 1.10. The van der Waals surface area contributed by atoms with Crippen LogP contribution in [-0.4, -0.2) is 37.1 Å². The first-order chi connectivity index (χ1) is 18.9. The van der Waals surface area contributed by atoms with Gasteiger partial charge in [-0.3, -0.25) is 9.78 Å². The van der Waals surface area contributed by atoms with Gasteiger partial charge in [0.1, 0.15) is 11.8 Å². The third kappa shape index (κ3) is 5.35. The number of hydrogen-bond acceptors (Lipinski definition) is 5. The lowest BCUT2D eigenvalue weighted by molar-refractivity contribution is -0.142. The third-order valence-electron chi connectivity index (χ3n) is 5.68. The minimum atomic E-state index is -2.93. The molecule has 1 N–H and O–H groups in total. The van der Waals surface area contributed by atoms with E-state index in [9.17, 15) is 18.4 Å². The monoisotopic (exact) mass is 547 g/mol. The van der Waals surface area contributed by atoms with Crippen molar-refractivity contribution in [2.75, 3.05) is 14.1 Å². The number of pyridine rings is 1. The zero-order valence-electron chi connectivity index (χ0n) is 22.2. The Kier molecular flexibility index (Phi) is 6.74. The summed E-state index contributed by atoms with van der Waals surface area (Å²) in [5, 5.41) is 3.19. The molecule has 0 fully saturated rings. The molecule has 0 saturated heterocycles. The summed E-state index contributed by atoms with van der Waals surface area (Å²) in [6.45, 7) is 0. The Morgan fingerprint density at radius 3 is 2.49 bits per heavy atom. The number of nitrogens with one attached hydrogen (secondary N) is 1. The second-order valence-electron chi connectivity index (χ2n) is 7.89. The summed E-state index contributed by atoms with van der Waals surface area (Å²) in [7, 11) is -1.76.